The second-order valence-corrected chi connectivity index (χ2v) is 3.39. The number of nitrogens with zero attached hydrogens (tertiary/aromatic N) is 3. The van der Waals surface area contributed by atoms with Gasteiger partial charge in [-0.05, 0) is 20.8 Å². The van der Waals surface area contributed by atoms with Crippen molar-refractivity contribution in [3.05, 3.63) is 31.5 Å². The molecule has 9 nitrogen and oxygen atoms in total. The fourth-order valence-electron chi connectivity index (χ4n) is 1.43. The van der Waals surface area contributed by atoms with Crippen molar-refractivity contribution in [3.8, 4) is 0 Å². The number of nitrogens with one attached hydrogen (secondary N) is 3. The van der Waals surface area contributed by atoms with Gasteiger partial charge >= 0.3 is 17.1 Å². The largest absolute Gasteiger partial charge is 0.374 e. The summed E-state index contributed by atoms with van der Waals surface area (Å²) >= 11 is 0. The van der Waals surface area contributed by atoms with Crippen molar-refractivity contribution in [2.75, 3.05) is 35.9 Å². The third kappa shape index (κ3) is 2.39. The Morgan fingerprint density at radius 2 is 0.889 bits per heavy atom. The molecule has 0 spiro atoms. The van der Waals surface area contributed by atoms with E-state index in [1.54, 1.807) is 20.8 Å². The molecular formula is C9H18N6O3. The molecule has 0 amide bonds. The molecule has 18 heavy (non-hydrogen) atoms. The highest BCUT2D eigenvalue weighted by Gasteiger charge is 2.13. The molecule has 0 atom stereocenters. The Labute approximate surface area is 103 Å². The molecule has 0 aromatic carbocycles. The SMILES string of the molecule is CCNn1c(=O)n(NCC)c(=O)n(NCC)c1=O. The van der Waals surface area contributed by atoms with Crippen LogP contribution in [-0.2, 0) is 0 Å². The van der Waals surface area contributed by atoms with Crippen LogP contribution < -0.4 is 33.3 Å². The van der Waals surface area contributed by atoms with E-state index in [-0.39, 0.29) is 0 Å². The molecule has 0 saturated heterocycles. The van der Waals surface area contributed by atoms with Crippen LogP contribution in [0.5, 0.6) is 0 Å². The average Bonchev–Trinajstić information content (AvgIpc) is 2.35. The first-order valence-electron chi connectivity index (χ1n) is 5.81. The van der Waals surface area contributed by atoms with E-state index in [1.807, 2.05) is 0 Å². The van der Waals surface area contributed by atoms with Crippen LogP contribution in [0.1, 0.15) is 20.8 Å². The van der Waals surface area contributed by atoms with Gasteiger partial charge in [0, 0.05) is 19.6 Å². The molecule has 0 aliphatic heterocycles. The molecule has 0 saturated carbocycles. The maximum absolute atomic E-state index is 11.9. The normalized spacial score (nSPS) is 10.2. The van der Waals surface area contributed by atoms with Crippen LogP contribution in [-0.4, -0.2) is 33.7 Å². The highest BCUT2D eigenvalue weighted by Crippen LogP contribution is 1.67. The molecule has 3 N–H and O–H groups in total. The van der Waals surface area contributed by atoms with E-state index in [4.69, 9.17) is 0 Å². The first-order valence-corrected chi connectivity index (χ1v) is 5.81. The summed E-state index contributed by atoms with van der Waals surface area (Å²) in [5.74, 6) is 0. The predicted octanol–water partition coefficient (Wildman–Crippen LogP) is -2.14. The lowest BCUT2D eigenvalue weighted by Gasteiger charge is -2.14. The zero-order valence-corrected chi connectivity index (χ0v) is 10.7. The first kappa shape index (κ1) is 13.9. The zero-order valence-electron chi connectivity index (χ0n) is 10.7. The summed E-state index contributed by atoms with van der Waals surface area (Å²) in [5, 5.41) is 0. The van der Waals surface area contributed by atoms with Crippen LogP contribution in [0.15, 0.2) is 14.4 Å². The fourth-order valence-corrected chi connectivity index (χ4v) is 1.43. The van der Waals surface area contributed by atoms with Crippen molar-refractivity contribution in [1.29, 1.82) is 0 Å². The third-order valence-corrected chi connectivity index (χ3v) is 2.10. The number of hydrogen-bond acceptors (Lipinski definition) is 6. The molecule has 0 unspecified atom stereocenters. The molecule has 1 rings (SSSR count). The van der Waals surface area contributed by atoms with E-state index in [0.717, 1.165) is 14.0 Å². The van der Waals surface area contributed by atoms with Gasteiger partial charge in [-0.2, -0.15) is 14.0 Å². The summed E-state index contributed by atoms with van der Waals surface area (Å²) in [7, 11) is 0. The summed E-state index contributed by atoms with van der Waals surface area (Å²) in [6.07, 6.45) is 0. The van der Waals surface area contributed by atoms with E-state index >= 15 is 0 Å². The molecular weight excluding hydrogens is 240 g/mol. The summed E-state index contributed by atoms with van der Waals surface area (Å²) < 4.78 is 2.35. The molecule has 0 fully saturated rings. The van der Waals surface area contributed by atoms with Crippen LogP contribution in [0.25, 0.3) is 0 Å². The van der Waals surface area contributed by atoms with Gasteiger partial charge in [0.05, 0.1) is 0 Å². The standard InChI is InChI=1S/C9H18N6O3/c1-4-10-13-7(16)14(11-5-2)9(18)15(8(13)17)12-6-3/h10-12H,4-6H2,1-3H3. The maximum atomic E-state index is 11.9. The summed E-state index contributed by atoms with van der Waals surface area (Å²) in [5.41, 5.74) is 5.56. The Kier molecular flexibility index (Phi) is 4.58. The highest BCUT2D eigenvalue weighted by molar-refractivity contribution is 4.87. The maximum Gasteiger partial charge on any atom is 0.374 e. The van der Waals surface area contributed by atoms with Crippen LogP contribution in [0, 0.1) is 0 Å². The van der Waals surface area contributed by atoms with Crippen molar-refractivity contribution >= 4 is 0 Å². The van der Waals surface area contributed by atoms with E-state index in [0.29, 0.717) is 19.6 Å². The smallest absolute Gasteiger partial charge is 0.318 e. The quantitative estimate of drug-likeness (QED) is 0.538. The average molecular weight is 258 g/mol. The zero-order chi connectivity index (χ0) is 13.7. The molecule has 1 heterocycles. The molecule has 0 aliphatic carbocycles. The van der Waals surface area contributed by atoms with Gasteiger partial charge in [-0.1, -0.05) is 0 Å². The van der Waals surface area contributed by atoms with E-state index in [9.17, 15) is 14.4 Å². The number of rotatable bonds is 6. The molecule has 102 valence electrons. The lowest BCUT2D eigenvalue weighted by atomic mass is 10.8. The molecule has 9 heteroatoms. The van der Waals surface area contributed by atoms with Gasteiger partial charge in [-0.3, -0.25) is 0 Å². The Morgan fingerprint density at radius 1 is 0.667 bits per heavy atom. The highest BCUT2D eigenvalue weighted by atomic mass is 16.2. The minimum absolute atomic E-state index is 0.381. The van der Waals surface area contributed by atoms with Crippen molar-refractivity contribution < 1.29 is 0 Å². The molecule has 0 bridgehead atoms. The van der Waals surface area contributed by atoms with Crippen molar-refractivity contribution in [2.45, 2.75) is 20.8 Å². The lowest BCUT2D eigenvalue weighted by Crippen LogP contribution is -2.61. The van der Waals surface area contributed by atoms with Gasteiger partial charge < -0.3 is 16.3 Å². The van der Waals surface area contributed by atoms with Crippen LogP contribution >= 0.6 is 0 Å². The number of hydrogen-bond donors (Lipinski definition) is 3. The van der Waals surface area contributed by atoms with Gasteiger partial charge in [0.15, 0.2) is 0 Å². The van der Waals surface area contributed by atoms with Crippen LogP contribution in [0.4, 0.5) is 0 Å². The van der Waals surface area contributed by atoms with Gasteiger partial charge in [-0.15, -0.1) is 0 Å². The molecule has 0 radical (unpaired) electrons. The molecule has 1 aromatic heterocycles. The predicted molar refractivity (Wildman–Crippen MR) is 68.9 cm³/mol. The Hall–Kier alpha value is -2.19. The van der Waals surface area contributed by atoms with Crippen molar-refractivity contribution in [2.24, 2.45) is 0 Å². The topological polar surface area (TPSA) is 102 Å². The van der Waals surface area contributed by atoms with E-state index in [2.05, 4.69) is 16.3 Å². The second-order valence-electron chi connectivity index (χ2n) is 3.39. The summed E-state index contributed by atoms with van der Waals surface area (Å²) in [6.45, 7) is 6.37. The minimum atomic E-state index is -0.747. The molecule has 0 aliphatic rings. The van der Waals surface area contributed by atoms with Crippen molar-refractivity contribution in [1.82, 2.24) is 14.0 Å². The van der Waals surface area contributed by atoms with E-state index in [1.165, 1.54) is 0 Å². The van der Waals surface area contributed by atoms with Gasteiger partial charge in [0.1, 0.15) is 0 Å². The van der Waals surface area contributed by atoms with Crippen LogP contribution in [0.2, 0.25) is 0 Å². The van der Waals surface area contributed by atoms with Gasteiger partial charge in [-0.25, -0.2) is 14.4 Å². The third-order valence-electron chi connectivity index (χ3n) is 2.10. The minimum Gasteiger partial charge on any atom is -0.318 e. The second kappa shape index (κ2) is 5.94. The fraction of sp³-hybridized carbons (Fsp3) is 0.667. The monoisotopic (exact) mass is 258 g/mol. The van der Waals surface area contributed by atoms with Crippen molar-refractivity contribution in [3.63, 3.8) is 0 Å². The Morgan fingerprint density at radius 3 is 1.06 bits per heavy atom. The van der Waals surface area contributed by atoms with Crippen LogP contribution in [0.3, 0.4) is 0 Å². The Bertz CT molecular complexity index is 458. The molecule has 1 aromatic rings. The summed E-state index contributed by atoms with van der Waals surface area (Å²) in [4.78, 5) is 35.7. The van der Waals surface area contributed by atoms with Gasteiger partial charge in [0.2, 0.25) is 0 Å². The Balaban J connectivity index is 3.59. The van der Waals surface area contributed by atoms with Gasteiger partial charge in [0.25, 0.3) is 0 Å². The first-order chi connectivity index (χ1) is 8.58. The summed E-state index contributed by atoms with van der Waals surface area (Å²) in [6, 6.07) is 0. The lowest BCUT2D eigenvalue weighted by molar-refractivity contribution is 0.551. The number of aromatic nitrogens is 3. The van der Waals surface area contributed by atoms with E-state index < -0.39 is 17.1 Å².